The van der Waals surface area contributed by atoms with Crippen LogP contribution in [0, 0.1) is 11.3 Å². The Morgan fingerprint density at radius 2 is 1.70 bits per heavy atom. The topological polar surface area (TPSA) is 62.7 Å². The molecule has 0 saturated carbocycles. The van der Waals surface area contributed by atoms with E-state index in [0.717, 1.165) is 27.6 Å². The van der Waals surface area contributed by atoms with Crippen molar-refractivity contribution >= 4 is 10.8 Å². The van der Waals surface area contributed by atoms with Crippen molar-refractivity contribution in [2.75, 3.05) is 0 Å². The number of nitrogens with zero attached hydrogens (tertiary/aromatic N) is 2. The van der Waals surface area contributed by atoms with Crippen LogP contribution in [-0.4, -0.2) is 4.98 Å². The van der Waals surface area contributed by atoms with Gasteiger partial charge in [-0.2, -0.15) is 5.26 Å². The Balaban J connectivity index is 2.23. The summed E-state index contributed by atoms with van der Waals surface area (Å²) in [6.07, 6.45) is 1.85. The normalized spacial score (nSPS) is 10.4. The molecule has 3 aromatic rings. The van der Waals surface area contributed by atoms with Gasteiger partial charge in [0, 0.05) is 23.7 Å². The molecule has 96 valence electrons. The number of benzene rings is 2. The number of aromatic nitrogens is 1. The van der Waals surface area contributed by atoms with Gasteiger partial charge in [-0.25, -0.2) is 0 Å². The van der Waals surface area contributed by atoms with E-state index in [1.54, 1.807) is 0 Å². The Morgan fingerprint density at radius 3 is 2.35 bits per heavy atom. The molecule has 0 unspecified atom stereocenters. The second-order valence-electron chi connectivity index (χ2n) is 4.56. The predicted molar refractivity (Wildman–Crippen MR) is 79.8 cm³/mol. The molecule has 0 spiro atoms. The van der Waals surface area contributed by atoms with Crippen molar-refractivity contribution in [3.8, 4) is 17.2 Å². The van der Waals surface area contributed by atoms with Gasteiger partial charge in [0.1, 0.15) is 0 Å². The molecule has 20 heavy (non-hydrogen) atoms. The summed E-state index contributed by atoms with van der Waals surface area (Å²) < 4.78 is 0. The molecule has 0 aliphatic carbocycles. The quantitative estimate of drug-likeness (QED) is 0.768. The maximum atomic E-state index is 8.86. The van der Waals surface area contributed by atoms with Crippen LogP contribution in [0.4, 0.5) is 0 Å². The van der Waals surface area contributed by atoms with Gasteiger partial charge in [-0.15, -0.1) is 0 Å². The molecular formula is C17H13N3. The van der Waals surface area contributed by atoms with Crippen molar-refractivity contribution in [2.24, 2.45) is 5.73 Å². The molecule has 0 atom stereocenters. The smallest absolute Gasteiger partial charge is 0.0991 e. The van der Waals surface area contributed by atoms with Crippen LogP contribution in [-0.2, 0) is 6.54 Å². The zero-order chi connectivity index (χ0) is 13.9. The van der Waals surface area contributed by atoms with Crippen LogP contribution in [0.3, 0.4) is 0 Å². The van der Waals surface area contributed by atoms with Crippen LogP contribution in [0.2, 0.25) is 0 Å². The highest BCUT2D eigenvalue weighted by molar-refractivity contribution is 5.97. The van der Waals surface area contributed by atoms with Crippen LogP contribution in [0.15, 0.2) is 54.7 Å². The maximum absolute atomic E-state index is 8.86. The zero-order valence-corrected chi connectivity index (χ0v) is 10.9. The SMILES string of the molecule is N#Cc1ccc(-c2cnc(CN)c3ccccc23)cc1. The molecule has 2 aromatic carbocycles. The lowest BCUT2D eigenvalue weighted by molar-refractivity contribution is 1.01. The van der Waals surface area contributed by atoms with E-state index < -0.39 is 0 Å². The minimum Gasteiger partial charge on any atom is -0.325 e. The van der Waals surface area contributed by atoms with Crippen LogP contribution in [0.5, 0.6) is 0 Å². The first-order valence-corrected chi connectivity index (χ1v) is 6.40. The number of rotatable bonds is 2. The van der Waals surface area contributed by atoms with Gasteiger partial charge >= 0.3 is 0 Å². The minimum absolute atomic E-state index is 0.425. The summed E-state index contributed by atoms with van der Waals surface area (Å²) in [5.41, 5.74) is 9.41. The molecule has 0 amide bonds. The van der Waals surface area contributed by atoms with E-state index in [1.165, 1.54) is 0 Å². The van der Waals surface area contributed by atoms with Crippen molar-refractivity contribution in [2.45, 2.75) is 6.54 Å². The average molecular weight is 259 g/mol. The Kier molecular flexibility index (Phi) is 3.16. The Labute approximate surface area is 117 Å². The summed E-state index contributed by atoms with van der Waals surface area (Å²) >= 11 is 0. The first-order chi connectivity index (χ1) is 9.83. The lowest BCUT2D eigenvalue weighted by Gasteiger charge is -2.09. The zero-order valence-electron chi connectivity index (χ0n) is 10.9. The molecule has 0 bridgehead atoms. The van der Waals surface area contributed by atoms with Gasteiger partial charge in [-0.3, -0.25) is 4.98 Å². The van der Waals surface area contributed by atoms with Crippen LogP contribution < -0.4 is 5.73 Å². The average Bonchev–Trinajstić information content (AvgIpc) is 2.54. The van der Waals surface area contributed by atoms with Gasteiger partial charge < -0.3 is 5.73 Å². The van der Waals surface area contributed by atoms with Gasteiger partial charge in [0.15, 0.2) is 0 Å². The monoisotopic (exact) mass is 259 g/mol. The van der Waals surface area contributed by atoms with Gasteiger partial charge in [0.2, 0.25) is 0 Å². The number of hydrogen-bond donors (Lipinski definition) is 1. The van der Waals surface area contributed by atoms with Crippen molar-refractivity contribution < 1.29 is 0 Å². The molecule has 0 saturated heterocycles. The Morgan fingerprint density at radius 1 is 1.00 bits per heavy atom. The summed E-state index contributed by atoms with van der Waals surface area (Å²) in [4.78, 5) is 4.45. The summed E-state index contributed by atoms with van der Waals surface area (Å²) in [6, 6.07) is 17.8. The number of fused-ring (bicyclic) bond motifs is 1. The number of nitriles is 1. The maximum Gasteiger partial charge on any atom is 0.0991 e. The minimum atomic E-state index is 0.425. The van der Waals surface area contributed by atoms with Gasteiger partial charge in [0.05, 0.1) is 17.3 Å². The number of nitrogens with two attached hydrogens (primary N) is 1. The van der Waals surface area contributed by atoms with E-state index in [9.17, 15) is 0 Å². The highest BCUT2D eigenvalue weighted by Gasteiger charge is 2.07. The van der Waals surface area contributed by atoms with E-state index in [0.29, 0.717) is 12.1 Å². The third kappa shape index (κ3) is 2.03. The number of pyridine rings is 1. The molecule has 1 aromatic heterocycles. The fourth-order valence-electron chi connectivity index (χ4n) is 2.37. The third-order valence-electron chi connectivity index (χ3n) is 3.40. The van der Waals surface area contributed by atoms with Crippen molar-refractivity contribution in [1.29, 1.82) is 5.26 Å². The van der Waals surface area contributed by atoms with Crippen molar-refractivity contribution in [1.82, 2.24) is 4.98 Å². The molecule has 0 fully saturated rings. The standard InChI is InChI=1S/C17H13N3/c18-9-12-5-7-13(8-6-12)16-11-20-17(10-19)15-4-2-1-3-14(15)16/h1-8,11H,10,19H2. The highest BCUT2D eigenvalue weighted by atomic mass is 14.7. The van der Waals surface area contributed by atoms with E-state index in [1.807, 2.05) is 48.7 Å². The van der Waals surface area contributed by atoms with E-state index in [-0.39, 0.29) is 0 Å². The molecule has 0 aliphatic rings. The lowest BCUT2D eigenvalue weighted by Crippen LogP contribution is -2.01. The summed E-state index contributed by atoms with van der Waals surface area (Å²) in [6.45, 7) is 0.425. The van der Waals surface area contributed by atoms with Gasteiger partial charge in [-0.05, 0) is 23.1 Å². The molecule has 3 rings (SSSR count). The van der Waals surface area contributed by atoms with Crippen LogP contribution in [0.25, 0.3) is 21.9 Å². The Bertz CT molecular complexity index is 799. The molecule has 3 nitrogen and oxygen atoms in total. The van der Waals surface area contributed by atoms with E-state index in [2.05, 4.69) is 17.1 Å². The lowest BCUT2D eigenvalue weighted by atomic mass is 9.98. The van der Waals surface area contributed by atoms with Crippen molar-refractivity contribution in [3.05, 3.63) is 66.0 Å². The molecule has 3 heteroatoms. The van der Waals surface area contributed by atoms with Crippen LogP contribution >= 0.6 is 0 Å². The molecular weight excluding hydrogens is 246 g/mol. The largest absolute Gasteiger partial charge is 0.325 e. The number of hydrogen-bond acceptors (Lipinski definition) is 3. The predicted octanol–water partition coefficient (Wildman–Crippen LogP) is 3.23. The summed E-state index contributed by atoms with van der Waals surface area (Å²) in [7, 11) is 0. The second kappa shape index (κ2) is 5.12. The summed E-state index contributed by atoms with van der Waals surface area (Å²) in [5, 5.41) is 11.1. The fraction of sp³-hybridized carbons (Fsp3) is 0.0588. The highest BCUT2D eigenvalue weighted by Crippen LogP contribution is 2.29. The third-order valence-corrected chi connectivity index (χ3v) is 3.40. The second-order valence-corrected chi connectivity index (χ2v) is 4.56. The molecule has 2 N–H and O–H groups in total. The fourth-order valence-corrected chi connectivity index (χ4v) is 2.37. The summed E-state index contributed by atoms with van der Waals surface area (Å²) in [5.74, 6) is 0. The first kappa shape index (κ1) is 12.3. The Hall–Kier alpha value is -2.70. The van der Waals surface area contributed by atoms with E-state index in [4.69, 9.17) is 11.0 Å². The van der Waals surface area contributed by atoms with Gasteiger partial charge in [0.25, 0.3) is 0 Å². The molecule has 1 heterocycles. The van der Waals surface area contributed by atoms with Crippen LogP contribution in [0.1, 0.15) is 11.3 Å². The first-order valence-electron chi connectivity index (χ1n) is 6.40. The van der Waals surface area contributed by atoms with Gasteiger partial charge in [-0.1, -0.05) is 36.4 Å². The molecule has 0 radical (unpaired) electrons. The van der Waals surface area contributed by atoms with E-state index >= 15 is 0 Å². The molecule has 0 aliphatic heterocycles. The van der Waals surface area contributed by atoms with Crippen molar-refractivity contribution in [3.63, 3.8) is 0 Å².